The molecule has 0 heterocycles. The standard InChI is InChI=1S/C25H28F5NO3S/c1-12-6-9-15(14-7-8-14)13(2)20(12)16-10-17(25(28,29)30)23(27)21(22(16)26)18(11-19(32)33)31-35(34)24(3,4)5/h6,9-10,14,18,31H,7-8,11H2,1-5H3,(H,32,33). The predicted octanol–water partition coefficient (Wildman–Crippen LogP) is 6.71. The van der Waals surface area contributed by atoms with Crippen molar-refractivity contribution < 1.29 is 36.4 Å². The van der Waals surface area contributed by atoms with Crippen LogP contribution in [0.25, 0.3) is 11.1 Å². The second-order valence-corrected chi connectivity index (χ2v) is 11.9. The van der Waals surface area contributed by atoms with Crippen molar-refractivity contribution in [1.82, 2.24) is 4.72 Å². The van der Waals surface area contributed by atoms with Gasteiger partial charge < -0.3 is 9.66 Å². The molecule has 10 heteroatoms. The maximum Gasteiger partial charge on any atom is 0.419 e. The Kier molecular flexibility index (Phi) is 7.60. The zero-order chi connectivity index (χ0) is 26.5. The Balaban J connectivity index is 2.33. The third-order valence-electron chi connectivity index (χ3n) is 6.07. The molecule has 0 aromatic heterocycles. The predicted molar refractivity (Wildman–Crippen MR) is 124 cm³/mol. The van der Waals surface area contributed by atoms with Crippen LogP contribution in [0.3, 0.4) is 0 Å². The zero-order valence-corrected chi connectivity index (χ0v) is 20.9. The Morgan fingerprint density at radius 3 is 2.26 bits per heavy atom. The fraction of sp³-hybridized carbons (Fsp3) is 0.480. The van der Waals surface area contributed by atoms with Crippen LogP contribution >= 0.6 is 0 Å². The van der Waals surface area contributed by atoms with E-state index >= 15 is 8.78 Å². The first kappa shape index (κ1) is 27.4. The van der Waals surface area contributed by atoms with Crippen molar-refractivity contribution in [2.24, 2.45) is 0 Å². The van der Waals surface area contributed by atoms with E-state index < -0.39 is 69.0 Å². The monoisotopic (exact) mass is 517 g/mol. The number of carboxylic acid groups (broad SMARTS) is 1. The van der Waals surface area contributed by atoms with Crippen LogP contribution in [0.1, 0.15) is 79.8 Å². The van der Waals surface area contributed by atoms with Gasteiger partial charge in [0.15, 0.2) is 0 Å². The molecule has 4 nitrogen and oxygen atoms in total. The van der Waals surface area contributed by atoms with Gasteiger partial charge >= 0.3 is 12.1 Å². The Hall–Kier alpha value is -2.17. The van der Waals surface area contributed by atoms with Gasteiger partial charge in [0.05, 0.1) is 18.0 Å². The Morgan fingerprint density at radius 1 is 1.17 bits per heavy atom. The van der Waals surface area contributed by atoms with Crippen molar-refractivity contribution in [3.05, 3.63) is 57.7 Å². The number of nitrogens with one attached hydrogen (secondary N) is 1. The van der Waals surface area contributed by atoms with Crippen molar-refractivity contribution in [3.63, 3.8) is 0 Å². The summed E-state index contributed by atoms with van der Waals surface area (Å²) in [6.45, 7) is 7.92. The Morgan fingerprint density at radius 2 is 1.77 bits per heavy atom. The van der Waals surface area contributed by atoms with Crippen LogP contribution in [0, 0.1) is 25.5 Å². The van der Waals surface area contributed by atoms with Gasteiger partial charge in [-0.2, -0.15) is 13.2 Å². The number of aryl methyl sites for hydroxylation is 1. The number of rotatable bonds is 7. The average Bonchev–Trinajstić information content (AvgIpc) is 3.52. The molecule has 0 spiro atoms. The summed E-state index contributed by atoms with van der Waals surface area (Å²) in [6, 6.07) is 2.19. The van der Waals surface area contributed by atoms with E-state index in [4.69, 9.17) is 0 Å². The maximum absolute atomic E-state index is 16.0. The van der Waals surface area contributed by atoms with E-state index in [0.29, 0.717) is 17.2 Å². The van der Waals surface area contributed by atoms with Crippen molar-refractivity contribution >= 4 is 17.3 Å². The minimum Gasteiger partial charge on any atom is -0.598 e. The van der Waals surface area contributed by atoms with Gasteiger partial charge in [-0.25, -0.2) is 8.78 Å². The lowest BCUT2D eigenvalue weighted by Gasteiger charge is -2.29. The Bertz CT molecular complexity index is 1140. The van der Waals surface area contributed by atoms with E-state index in [1.165, 1.54) is 20.8 Å². The molecule has 2 aromatic carbocycles. The van der Waals surface area contributed by atoms with E-state index in [1.54, 1.807) is 19.9 Å². The molecule has 1 aliphatic carbocycles. The van der Waals surface area contributed by atoms with E-state index in [0.717, 1.165) is 18.4 Å². The largest absolute Gasteiger partial charge is 0.598 e. The first-order chi connectivity index (χ1) is 16.0. The van der Waals surface area contributed by atoms with Gasteiger partial charge in [0.1, 0.15) is 16.4 Å². The molecule has 2 atom stereocenters. The molecule has 0 amide bonds. The minimum atomic E-state index is -5.17. The summed E-state index contributed by atoms with van der Waals surface area (Å²) in [4.78, 5) is 11.5. The normalized spacial score (nSPS) is 16.3. The van der Waals surface area contributed by atoms with Crippen LogP contribution in [0.4, 0.5) is 22.0 Å². The van der Waals surface area contributed by atoms with Gasteiger partial charge in [0.2, 0.25) is 0 Å². The van der Waals surface area contributed by atoms with Crippen molar-refractivity contribution in [1.29, 1.82) is 0 Å². The summed E-state index contributed by atoms with van der Waals surface area (Å²) in [5.74, 6) is -4.51. The number of alkyl halides is 3. The molecule has 3 rings (SSSR count). The van der Waals surface area contributed by atoms with Crippen molar-refractivity contribution in [2.45, 2.75) is 76.8 Å². The third kappa shape index (κ3) is 5.81. The molecule has 0 saturated heterocycles. The SMILES string of the molecule is Cc1ccc(C2CC2)c(C)c1-c1cc(C(F)(F)F)c(F)c(C(CC(=O)O)N[S+]([O-])C(C)(C)C)c1F. The topological polar surface area (TPSA) is 72.4 Å². The maximum atomic E-state index is 16.0. The summed E-state index contributed by atoms with van der Waals surface area (Å²) in [6.07, 6.45) is -4.32. The molecular formula is C25H28F5NO3S. The molecule has 0 radical (unpaired) electrons. The van der Waals surface area contributed by atoms with Gasteiger partial charge in [-0.05, 0) is 81.7 Å². The highest BCUT2D eigenvalue weighted by Gasteiger charge is 2.41. The second-order valence-electron chi connectivity index (χ2n) is 9.91. The number of carbonyl (C=O) groups is 1. The molecule has 0 bridgehead atoms. The number of halogens is 5. The summed E-state index contributed by atoms with van der Waals surface area (Å²) >= 11 is -2.02. The van der Waals surface area contributed by atoms with Crippen LogP contribution < -0.4 is 4.72 Å². The molecule has 1 aliphatic rings. The zero-order valence-electron chi connectivity index (χ0n) is 20.1. The lowest BCUT2D eigenvalue weighted by atomic mass is 9.87. The molecule has 0 aliphatic heterocycles. The smallest absolute Gasteiger partial charge is 0.419 e. The third-order valence-corrected chi connectivity index (χ3v) is 7.69. The molecule has 192 valence electrons. The minimum absolute atomic E-state index is 0.213. The fourth-order valence-corrected chi connectivity index (χ4v) is 4.96. The Labute approximate surface area is 204 Å². The van der Waals surface area contributed by atoms with E-state index in [2.05, 4.69) is 4.72 Å². The molecular weight excluding hydrogens is 489 g/mol. The number of hydrogen-bond donors (Lipinski definition) is 2. The number of hydrogen-bond acceptors (Lipinski definition) is 3. The first-order valence-corrected chi connectivity index (χ1v) is 12.3. The average molecular weight is 518 g/mol. The summed E-state index contributed by atoms with van der Waals surface area (Å²) in [5, 5.41) is 9.34. The second kappa shape index (κ2) is 9.71. The van der Waals surface area contributed by atoms with E-state index in [9.17, 15) is 27.6 Å². The fourth-order valence-electron chi connectivity index (χ4n) is 4.15. The van der Waals surface area contributed by atoms with E-state index in [1.807, 2.05) is 6.07 Å². The first-order valence-electron chi connectivity index (χ1n) is 11.1. The number of carboxylic acids is 1. The molecule has 1 fully saturated rings. The van der Waals surface area contributed by atoms with Gasteiger partial charge in [0, 0.05) is 22.5 Å². The molecule has 35 heavy (non-hydrogen) atoms. The molecule has 2 unspecified atom stereocenters. The summed E-state index contributed by atoms with van der Waals surface area (Å²) in [7, 11) is 0. The lowest BCUT2D eigenvalue weighted by molar-refractivity contribution is -0.140. The summed E-state index contributed by atoms with van der Waals surface area (Å²) < 4.78 is 87.0. The number of aliphatic carboxylic acids is 1. The van der Waals surface area contributed by atoms with Crippen molar-refractivity contribution in [2.75, 3.05) is 0 Å². The van der Waals surface area contributed by atoms with Gasteiger partial charge in [-0.3, -0.25) is 4.79 Å². The van der Waals surface area contributed by atoms with E-state index in [-0.39, 0.29) is 11.5 Å². The lowest BCUT2D eigenvalue weighted by Crippen LogP contribution is -2.42. The molecule has 2 aromatic rings. The molecule has 2 N–H and O–H groups in total. The van der Waals surface area contributed by atoms with Crippen molar-refractivity contribution in [3.8, 4) is 11.1 Å². The van der Waals surface area contributed by atoms with Crippen LogP contribution in [0.15, 0.2) is 18.2 Å². The van der Waals surface area contributed by atoms with Crippen LogP contribution in [-0.4, -0.2) is 20.4 Å². The molecule has 1 saturated carbocycles. The highest BCUT2D eigenvalue weighted by atomic mass is 32.2. The summed E-state index contributed by atoms with van der Waals surface area (Å²) in [5.41, 5.74) is -1.08. The van der Waals surface area contributed by atoms with Gasteiger partial charge in [-0.15, -0.1) is 4.72 Å². The van der Waals surface area contributed by atoms with Gasteiger partial charge in [0.25, 0.3) is 0 Å². The highest BCUT2D eigenvalue weighted by Crippen LogP contribution is 2.46. The van der Waals surface area contributed by atoms with Crippen LogP contribution in [-0.2, 0) is 22.3 Å². The van der Waals surface area contributed by atoms with Crippen LogP contribution in [0.5, 0.6) is 0 Å². The number of benzene rings is 2. The van der Waals surface area contributed by atoms with Crippen LogP contribution in [0.2, 0.25) is 0 Å². The van der Waals surface area contributed by atoms with Gasteiger partial charge in [-0.1, -0.05) is 12.1 Å². The quantitative estimate of drug-likeness (QED) is 0.316. The highest BCUT2D eigenvalue weighted by molar-refractivity contribution is 7.90.